The smallest absolute Gasteiger partial charge is 0.225 e. The Morgan fingerprint density at radius 3 is 2.88 bits per heavy atom. The Hall–Kier alpha value is -1.63. The Kier molecular flexibility index (Phi) is 6.43. The van der Waals surface area contributed by atoms with Gasteiger partial charge in [0.25, 0.3) is 0 Å². The molecule has 0 saturated carbocycles. The van der Waals surface area contributed by atoms with Gasteiger partial charge in [0.05, 0.1) is 18.2 Å². The topological polar surface area (TPSA) is 59.0 Å². The molecule has 2 heterocycles. The third kappa shape index (κ3) is 4.32. The molecule has 8 heteroatoms. The highest BCUT2D eigenvalue weighted by molar-refractivity contribution is 6.31. The van der Waals surface area contributed by atoms with E-state index in [2.05, 4.69) is 15.7 Å². The quantitative estimate of drug-likeness (QED) is 0.849. The maximum absolute atomic E-state index is 13.2. The number of rotatable bonds is 4. The largest absolute Gasteiger partial charge is 0.349 e. The van der Waals surface area contributed by atoms with Crippen molar-refractivity contribution in [2.75, 3.05) is 13.1 Å². The van der Waals surface area contributed by atoms with E-state index in [-0.39, 0.29) is 42.0 Å². The van der Waals surface area contributed by atoms with Crippen molar-refractivity contribution < 1.29 is 9.18 Å². The molecule has 25 heavy (non-hydrogen) atoms. The summed E-state index contributed by atoms with van der Waals surface area (Å²) in [5.74, 6) is -0.508. The monoisotopic (exact) mass is 386 g/mol. The SMILES string of the molecule is CC(NC(=O)[C@H]1CNC[C@@H]1c1cnn(C)c1)c1ccc(F)cc1Cl.Cl. The average Bonchev–Trinajstić information content (AvgIpc) is 3.15. The van der Waals surface area contributed by atoms with Crippen LogP contribution in [0.3, 0.4) is 0 Å². The number of nitrogens with one attached hydrogen (secondary N) is 2. The summed E-state index contributed by atoms with van der Waals surface area (Å²) in [5, 5.41) is 10.8. The molecule has 1 aromatic carbocycles. The molecule has 1 aliphatic heterocycles. The zero-order chi connectivity index (χ0) is 17.3. The first-order valence-corrected chi connectivity index (χ1v) is 8.28. The number of carbonyl (C=O) groups excluding carboxylic acids is 1. The Labute approximate surface area is 157 Å². The molecule has 2 aromatic rings. The van der Waals surface area contributed by atoms with Gasteiger partial charge in [-0.15, -0.1) is 12.4 Å². The fraction of sp³-hybridized carbons (Fsp3) is 0.412. The van der Waals surface area contributed by atoms with Crippen molar-refractivity contribution in [3.05, 3.63) is 52.6 Å². The van der Waals surface area contributed by atoms with Crippen LogP contribution in [0.1, 0.15) is 30.0 Å². The number of aryl methyl sites for hydroxylation is 1. The summed E-state index contributed by atoms with van der Waals surface area (Å²) in [4.78, 5) is 12.7. The molecule has 0 aliphatic carbocycles. The molecule has 136 valence electrons. The fourth-order valence-electron chi connectivity index (χ4n) is 3.19. The minimum Gasteiger partial charge on any atom is -0.349 e. The van der Waals surface area contributed by atoms with Gasteiger partial charge in [-0.25, -0.2) is 4.39 Å². The lowest BCUT2D eigenvalue weighted by molar-refractivity contribution is -0.125. The number of halogens is 3. The van der Waals surface area contributed by atoms with Crippen LogP contribution in [-0.2, 0) is 11.8 Å². The second kappa shape index (κ2) is 8.17. The van der Waals surface area contributed by atoms with Gasteiger partial charge in [0.15, 0.2) is 0 Å². The van der Waals surface area contributed by atoms with Crippen LogP contribution in [0.5, 0.6) is 0 Å². The van der Waals surface area contributed by atoms with E-state index in [9.17, 15) is 9.18 Å². The van der Waals surface area contributed by atoms with Gasteiger partial charge in [0.2, 0.25) is 5.91 Å². The molecular weight excluding hydrogens is 366 g/mol. The van der Waals surface area contributed by atoms with Gasteiger partial charge in [0, 0.05) is 37.3 Å². The number of amides is 1. The first-order chi connectivity index (χ1) is 11.5. The lowest BCUT2D eigenvalue weighted by atomic mass is 9.90. The third-order valence-electron chi connectivity index (χ3n) is 4.49. The van der Waals surface area contributed by atoms with Gasteiger partial charge >= 0.3 is 0 Å². The molecule has 2 N–H and O–H groups in total. The zero-order valence-electron chi connectivity index (χ0n) is 14.0. The second-order valence-electron chi connectivity index (χ2n) is 6.21. The number of hydrogen-bond acceptors (Lipinski definition) is 3. The van der Waals surface area contributed by atoms with E-state index in [1.54, 1.807) is 16.9 Å². The summed E-state index contributed by atoms with van der Waals surface area (Å²) in [6.07, 6.45) is 3.75. The summed E-state index contributed by atoms with van der Waals surface area (Å²) in [7, 11) is 1.86. The maximum Gasteiger partial charge on any atom is 0.225 e. The Morgan fingerprint density at radius 1 is 1.48 bits per heavy atom. The number of benzene rings is 1. The van der Waals surface area contributed by atoms with Crippen LogP contribution in [-0.4, -0.2) is 28.8 Å². The van der Waals surface area contributed by atoms with E-state index in [1.165, 1.54) is 12.1 Å². The van der Waals surface area contributed by atoms with E-state index in [0.29, 0.717) is 17.1 Å². The van der Waals surface area contributed by atoms with Crippen molar-refractivity contribution in [1.29, 1.82) is 0 Å². The average molecular weight is 387 g/mol. The van der Waals surface area contributed by atoms with Crippen molar-refractivity contribution in [3.8, 4) is 0 Å². The van der Waals surface area contributed by atoms with Crippen LogP contribution in [0.2, 0.25) is 5.02 Å². The molecule has 3 atom stereocenters. The minimum absolute atomic E-state index is 0. The highest BCUT2D eigenvalue weighted by Crippen LogP contribution is 2.29. The van der Waals surface area contributed by atoms with Crippen molar-refractivity contribution in [1.82, 2.24) is 20.4 Å². The van der Waals surface area contributed by atoms with Gasteiger partial charge in [-0.05, 0) is 30.2 Å². The van der Waals surface area contributed by atoms with Gasteiger partial charge in [-0.2, -0.15) is 5.10 Å². The number of hydrogen-bond donors (Lipinski definition) is 2. The predicted octanol–water partition coefficient (Wildman–Crippen LogP) is 2.81. The minimum atomic E-state index is -0.390. The maximum atomic E-state index is 13.2. The molecule has 1 saturated heterocycles. The highest BCUT2D eigenvalue weighted by atomic mass is 35.5. The van der Waals surface area contributed by atoms with Crippen LogP contribution < -0.4 is 10.6 Å². The van der Waals surface area contributed by atoms with Crippen molar-refractivity contribution in [2.24, 2.45) is 13.0 Å². The Morgan fingerprint density at radius 2 is 2.24 bits per heavy atom. The van der Waals surface area contributed by atoms with Crippen molar-refractivity contribution in [3.63, 3.8) is 0 Å². The van der Waals surface area contributed by atoms with Gasteiger partial charge in [0.1, 0.15) is 5.82 Å². The molecule has 3 rings (SSSR count). The fourth-order valence-corrected chi connectivity index (χ4v) is 3.52. The van der Waals surface area contributed by atoms with E-state index >= 15 is 0 Å². The number of nitrogens with zero attached hydrogens (tertiary/aromatic N) is 2. The third-order valence-corrected chi connectivity index (χ3v) is 4.82. The van der Waals surface area contributed by atoms with Gasteiger partial charge in [-0.1, -0.05) is 17.7 Å². The van der Waals surface area contributed by atoms with Crippen LogP contribution in [0, 0.1) is 11.7 Å². The second-order valence-corrected chi connectivity index (χ2v) is 6.62. The van der Waals surface area contributed by atoms with E-state index in [4.69, 9.17) is 11.6 Å². The lowest BCUT2D eigenvalue weighted by Crippen LogP contribution is -2.36. The molecule has 0 bridgehead atoms. The Bertz CT molecular complexity index is 752. The molecule has 0 radical (unpaired) electrons. The molecule has 1 aromatic heterocycles. The summed E-state index contributed by atoms with van der Waals surface area (Å²) in [5.41, 5.74) is 1.76. The van der Waals surface area contributed by atoms with Gasteiger partial charge in [-0.3, -0.25) is 9.48 Å². The molecule has 1 amide bonds. The van der Waals surface area contributed by atoms with E-state index in [1.807, 2.05) is 20.2 Å². The molecular formula is C17H21Cl2FN4O. The molecule has 1 aliphatic rings. The van der Waals surface area contributed by atoms with Crippen LogP contribution in [0.4, 0.5) is 4.39 Å². The predicted molar refractivity (Wildman–Crippen MR) is 97.5 cm³/mol. The van der Waals surface area contributed by atoms with Crippen molar-refractivity contribution in [2.45, 2.75) is 18.9 Å². The first kappa shape index (κ1) is 19.7. The van der Waals surface area contributed by atoms with Crippen LogP contribution >= 0.6 is 24.0 Å². The highest BCUT2D eigenvalue weighted by Gasteiger charge is 2.35. The number of carbonyl (C=O) groups is 1. The molecule has 0 spiro atoms. The molecule has 1 fully saturated rings. The Balaban J connectivity index is 0.00000225. The van der Waals surface area contributed by atoms with E-state index in [0.717, 1.165) is 12.1 Å². The normalized spacial score (nSPS) is 20.8. The zero-order valence-corrected chi connectivity index (χ0v) is 15.6. The van der Waals surface area contributed by atoms with Crippen LogP contribution in [0.15, 0.2) is 30.6 Å². The summed E-state index contributed by atoms with van der Waals surface area (Å²) in [6.45, 7) is 3.21. The summed E-state index contributed by atoms with van der Waals surface area (Å²) >= 11 is 6.08. The lowest BCUT2D eigenvalue weighted by Gasteiger charge is -2.21. The van der Waals surface area contributed by atoms with E-state index < -0.39 is 0 Å². The van der Waals surface area contributed by atoms with Crippen LogP contribution in [0.25, 0.3) is 0 Å². The summed E-state index contributed by atoms with van der Waals surface area (Å²) < 4.78 is 14.9. The number of aromatic nitrogens is 2. The summed E-state index contributed by atoms with van der Waals surface area (Å²) in [6, 6.07) is 3.92. The van der Waals surface area contributed by atoms with Gasteiger partial charge < -0.3 is 10.6 Å². The first-order valence-electron chi connectivity index (χ1n) is 7.90. The standard InChI is InChI=1S/C17H20ClFN4O.ClH/c1-10(13-4-3-12(19)5-16(13)18)22-17(24)15-8-20-7-14(15)11-6-21-23(2)9-11;/h3-6,9-10,14-15,20H,7-8H2,1-2H3,(H,22,24);1H/t10?,14-,15+;/m1./s1. The van der Waals surface area contributed by atoms with Crippen molar-refractivity contribution >= 4 is 29.9 Å². The molecule has 5 nitrogen and oxygen atoms in total. The molecule has 1 unspecified atom stereocenters.